The lowest BCUT2D eigenvalue weighted by Gasteiger charge is -2.38. The van der Waals surface area contributed by atoms with Crippen LogP contribution in [0.5, 0.6) is 0 Å². The van der Waals surface area contributed by atoms with E-state index < -0.39 is 17.7 Å². The number of likely N-dealkylation sites (tertiary alicyclic amines) is 1. The molecule has 2 saturated heterocycles. The SMILES string of the molecule is N#Cc1ccccc1N1CCN(C(=O)[C@@H]2C[C@H](n3nnc(-c4ccc(F)cc4F)n3)CN2Cc2ccc(F)cc2)CC1. The van der Waals surface area contributed by atoms with Gasteiger partial charge in [-0.15, -0.1) is 10.2 Å². The number of halogens is 3. The fourth-order valence-corrected chi connectivity index (χ4v) is 5.68. The first-order chi connectivity index (χ1) is 20.4. The van der Waals surface area contributed by atoms with Gasteiger partial charge in [-0.05, 0) is 53.6 Å². The van der Waals surface area contributed by atoms with Gasteiger partial charge in [-0.1, -0.05) is 24.3 Å². The molecule has 2 atom stereocenters. The van der Waals surface area contributed by atoms with E-state index in [0.29, 0.717) is 51.3 Å². The number of nitriles is 1. The first-order valence-electron chi connectivity index (χ1n) is 13.7. The van der Waals surface area contributed by atoms with Gasteiger partial charge in [-0.25, -0.2) is 13.2 Å². The van der Waals surface area contributed by atoms with Crippen molar-refractivity contribution in [1.82, 2.24) is 30.0 Å². The van der Waals surface area contributed by atoms with Crippen molar-refractivity contribution in [3.8, 4) is 17.5 Å². The van der Waals surface area contributed by atoms with E-state index >= 15 is 0 Å². The molecular weight excluding hydrogens is 545 g/mol. The molecule has 4 aromatic rings. The Balaban J connectivity index is 1.20. The van der Waals surface area contributed by atoms with Crippen molar-refractivity contribution >= 4 is 11.6 Å². The first-order valence-corrected chi connectivity index (χ1v) is 13.7. The number of piperazine rings is 1. The average molecular weight is 573 g/mol. The Labute approximate surface area is 240 Å². The van der Waals surface area contributed by atoms with Crippen molar-refractivity contribution in [3.05, 3.63) is 95.3 Å². The van der Waals surface area contributed by atoms with Crippen LogP contribution in [0.3, 0.4) is 0 Å². The molecule has 42 heavy (non-hydrogen) atoms. The summed E-state index contributed by atoms with van der Waals surface area (Å²) in [7, 11) is 0. The fraction of sp³-hybridized carbons (Fsp3) is 0.300. The van der Waals surface area contributed by atoms with E-state index in [2.05, 4.69) is 26.4 Å². The number of rotatable bonds is 6. The smallest absolute Gasteiger partial charge is 0.240 e. The minimum atomic E-state index is -0.788. The molecule has 0 aliphatic carbocycles. The first kappa shape index (κ1) is 27.4. The molecule has 3 heterocycles. The second-order valence-electron chi connectivity index (χ2n) is 10.5. The van der Waals surface area contributed by atoms with E-state index in [1.165, 1.54) is 23.0 Å². The molecule has 2 fully saturated rings. The third-order valence-electron chi connectivity index (χ3n) is 7.85. The van der Waals surface area contributed by atoms with Gasteiger partial charge in [0.1, 0.15) is 23.5 Å². The number of benzene rings is 3. The van der Waals surface area contributed by atoms with Crippen molar-refractivity contribution in [2.75, 3.05) is 37.6 Å². The molecule has 0 radical (unpaired) electrons. The third-order valence-corrected chi connectivity index (χ3v) is 7.85. The zero-order valence-corrected chi connectivity index (χ0v) is 22.6. The zero-order valence-electron chi connectivity index (χ0n) is 22.6. The quantitative estimate of drug-likeness (QED) is 0.347. The summed E-state index contributed by atoms with van der Waals surface area (Å²) in [4.78, 5) is 21.3. The molecule has 9 nitrogen and oxygen atoms in total. The standard InChI is InChI=1S/C30H27F3N8O/c31-22-7-5-20(6-8-22)18-40-19-24(41-36-29(35-37-41)25-10-9-23(32)15-26(25)33)16-28(40)30(42)39-13-11-38(12-14-39)27-4-2-1-3-21(27)17-34/h1-10,15,24,28H,11-14,16,18-19H2/t24-,28-/m0/s1. The topological polar surface area (TPSA) is 94.2 Å². The van der Waals surface area contributed by atoms with Gasteiger partial charge in [0, 0.05) is 45.3 Å². The van der Waals surface area contributed by atoms with Crippen LogP contribution in [-0.2, 0) is 11.3 Å². The van der Waals surface area contributed by atoms with Gasteiger partial charge in [0.15, 0.2) is 0 Å². The number of carbonyl (C=O) groups is 1. The fourth-order valence-electron chi connectivity index (χ4n) is 5.68. The predicted octanol–water partition coefficient (Wildman–Crippen LogP) is 3.79. The van der Waals surface area contributed by atoms with E-state index in [0.717, 1.165) is 23.4 Å². The summed E-state index contributed by atoms with van der Waals surface area (Å²) in [6.45, 7) is 3.02. The maximum atomic E-state index is 14.3. The third kappa shape index (κ3) is 5.56. The Morgan fingerprint density at radius 2 is 1.69 bits per heavy atom. The number of aromatic nitrogens is 4. The molecule has 6 rings (SSSR count). The normalized spacial score (nSPS) is 19.2. The molecule has 12 heteroatoms. The van der Waals surface area contributed by atoms with Gasteiger partial charge in [0.25, 0.3) is 0 Å². The molecule has 214 valence electrons. The average Bonchev–Trinajstić information content (AvgIpc) is 3.66. The number of hydrogen-bond donors (Lipinski definition) is 0. The summed E-state index contributed by atoms with van der Waals surface area (Å²) in [6, 6.07) is 18.2. The molecule has 0 spiro atoms. The van der Waals surface area contributed by atoms with Crippen LogP contribution in [0.1, 0.15) is 23.6 Å². The van der Waals surface area contributed by atoms with Crippen molar-refractivity contribution in [2.24, 2.45) is 0 Å². The molecular formula is C30H27F3N8O. The Hall–Kier alpha value is -4.76. The van der Waals surface area contributed by atoms with E-state index in [1.807, 2.05) is 28.0 Å². The van der Waals surface area contributed by atoms with Crippen LogP contribution in [0, 0.1) is 28.8 Å². The highest BCUT2D eigenvalue weighted by atomic mass is 19.1. The zero-order chi connectivity index (χ0) is 29.2. The number of nitrogens with zero attached hydrogens (tertiary/aromatic N) is 8. The largest absolute Gasteiger partial charge is 0.367 e. The van der Waals surface area contributed by atoms with Crippen LogP contribution in [0.25, 0.3) is 11.4 Å². The van der Waals surface area contributed by atoms with Crippen molar-refractivity contribution in [3.63, 3.8) is 0 Å². The maximum absolute atomic E-state index is 14.3. The van der Waals surface area contributed by atoms with Crippen LogP contribution in [0.2, 0.25) is 0 Å². The Morgan fingerprint density at radius 3 is 2.43 bits per heavy atom. The highest BCUT2D eigenvalue weighted by molar-refractivity contribution is 5.82. The Morgan fingerprint density at radius 1 is 0.952 bits per heavy atom. The molecule has 2 aliphatic heterocycles. The lowest BCUT2D eigenvalue weighted by atomic mass is 10.1. The molecule has 0 bridgehead atoms. The maximum Gasteiger partial charge on any atom is 0.240 e. The van der Waals surface area contributed by atoms with E-state index in [1.54, 1.807) is 18.2 Å². The minimum absolute atomic E-state index is 0.0288. The van der Waals surface area contributed by atoms with Crippen LogP contribution in [0.4, 0.5) is 18.9 Å². The van der Waals surface area contributed by atoms with Crippen molar-refractivity contribution < 1.29 is 18.0 Å². The summed E-state index contributed by atoms with van der Waals surface area (Å²) in [5.41, 5.74) is 2.35. The summed E-state index contributed by atoms with van der Waals surface area (Å²) >= 11 is 0. The number of hydrogen-bond acceptors (Lipinski definition) is 7. The lowest BCUT2D eigenvalue weighted by Crippen LogP contribution is -2.53. The summed E-state index contributed by atoms with van der Waals surface area (Å²) in [6.07, 6.45) is 0.402. The molecule has 0 N–H and O–H groups in total. The minimum Gasteiger partial charge on any atom is -0.367 e. The van der Waals surface area contributed by atoms with Gasteiger partial charge in [-0.2, -0.15) is 10.1 Å². The van der Waals surface area contributed by atoms with E-state index in [4.69, 9.17) is 0 Å². The highest BCUT2D eigenvalue weighted by Crippen LogP contribution is 2.31. The lowest BCUT2D eigenvalue weighted by molar-refractivity contribution is -0.136. The number of amides is 1. The molecule has 1 aromatic heterocycles. The highest BCUT2D eigenvalue weighted by Gasteiger charge is 2.41. The summed E-state index contributed by atoms with van der Waals surface area (Å²) in [5, 5.41) is 22.0. The van der Waals surface area contributed by atoms with Crippen LogP contribution in [-0.4, -0.2) is 74.7 Å². The molecule has 0 unspecified atom stereocenters. The second-order valence-corrected chi connectivity index (χ2v) is 10.5. The summed E-state index contributed by atoms with van der Waals surface area (Å²) < 4.78 is 41.3. The Bertz CT molecular complexity index is 1630. The van der Waals surface area contributed by atoms with Crippen LogP contribution in [0.15, 0.2) is 66.7 Å². The molecule has 3 aromatic carbocycles. The monoisotopic (exact) mass is 572 g/mol. The molecule has 0 saturated carbocycles. The van der Waals surface area contributed by atoms with Gasteiger partial charge < -0.3 is 9.80 Å². The molecule has 2 aliphatic rings. The van der Waals surface area contributed by atoms with Gasteiger partial charge in [0.05, 0.1) is 28.9 Å². The second kappa shape index (κ2) is 11.6. The number of anilines is 1. The van der Waals surface area contributed by atoms with E-state index in [9.17, 15) is 23.2 Å². The van der Waals surface area contributed by atoms with Crippen LogP contribution >= 0.6 is 0 Å². The van der Waals surface area contributed by atoms with Gasteiger partial charge in [-0.3, -0.25) is 9.69 Å². The van der Waals surface area contributed by atoms with Crippen molar-refractivity contribution in [1.29, 1.82) is 5.26 Å². The number of carbonyl (C=O) groups excluding carboxylic acids is 1. The van der Waals surface area contributed by atoms with Gasteiger partial charge in [0.2, 0.25) is 11.7 Å². The number of tetrazole rings is 1. The Kier molecular flexibility index (Phi) is 7.58. The number of para-hydroxylation sites is 1. The van der Waals surface area contributed by atoms with Gasteiger partial charge >= 0.3 is 0 Å². The predicted molar refractivity (Wildman–Crippen MR) is 147 cm³/mol. The van der Waals surface area contributed by atoms with Crippen molar-refractivity contribution in [2.45, 2.75) is 25.0 Å². The molecule has 1 amide bonds. The van der Waals surface area contributed by atoms with Crippen LogP contribution < -0.4 is 4.90 Å². The summed E-state index contributed by atoms with van der Waals surface area (Å²) in [5.74, 6) is -1.83. The van der Waals surface area contributed by atoms with E-state index in [-0.39, 0.29) is 29.2 Å².